The van der Waals surface area contributed by atoms with E-state index in [1.54, 1.807) is 0 Å². The predicted octanol–water partition coefficient (Wildman–Crippen LogP) is 1.15. The summed E-state index contributed by atoms with van der Waals surface area (Å²) in [4.78, 5) is 4.23. The number of aromatic nitrogens is 2. The van der Waals surface area contributed by atoms with Crippen molar-refractivity contribution in [2.24, 2.45) is 5.73 Å². The van der Waals surface area contributed by atoms with E-state index in [2.05, 4.69) is 15.5 Å². The molecule has 1 fully saturated rings. The molecule has 1 saturated heterocycles. The van der Waals surface area contributed by atoms with Crippen molar-refractivity contribution in [3.05, 3.63) is 11.7 Å². The summed E-state index contributed by atoms with van der Waals surface area (Å²) in [6, 6.07) is 0.251. The van der Waals surface area contributed by atoms with E-state index < -0.39 is 0 Å². The van der Waals surface area contributed by atoms with Crippen LogP contribution in [-0.4, -0.2) is 16.7 Å². The van der Waals surface area contributed by atoms with Gasteiger partial charge >= 0.3 is 0 Å². The molecule has 3 N–H and O–H groups in total. The first-order valence-corrected chi connectivity index (χ1v) is 5.16. The smallest absolute Gasteiger partial charge is 0.240 e. The molecule has 0 aromatic carbocycles. The van der Waals surface area contributed by atoms with Gasteiger partial charge in [-0.25, -0.2) is 0 Å². The Kier molecular flexibility index (Phi) is 5.01. The Balaban J connectivity index is 0.00000112. The Hall–Kier alpha value is -0.650. The highest BCUT2D eigenvalue weighted by atomic mass is 35.5. The van der Waals surface area contributed by atoms with E-state index in [0.29, 0.717) is 12.4 Å². The fourth-order valence-corrected chi connectivity index (χ4v) is 1.74. The highest BCUT2D eigenvalue weighted by Gasteiger charge is 2.18. The monoisotopic (exact) mass is 232 g/mol. The average Bonchev–Trinajstić information content (AvgIpc) is 2.53. The fraction of sp³-hybridized carbons (Fsp3) is 0.778. The number of hydrogen-bond acceptors (Lipinski definition) is 5. The summed E-state index contributed by atoms with van der Waals surface area (Å²) < 4.78 is 4.98. The lowest BCUT2D eigenvalue weighted by molar-refractivity contribution is 0.365. The second-order valence-corrected chi connectivity index (χ2v) is 3.61. The van der Waals surface area contributed by atoms with Crippen LogP contribution in [0.5, 0.6) is 0 Å². The van der Waals surface area contributed by atoms with Crippen molar-refractivity contribution in [3.63, 3.8) is 0 Å². The molecule has 0 amide bonds. The van der Waals surface area contributed by atoms with Crippen LogP contribution in [0.3, 0.4) is 0 Å². The van der Waals surface area contributed by atoms with Crippen molar-refractivity contribution in [3.8, 4) is 0 Å². The molecule has 6 heteroatoms. The van der Waals surface area contributed by atoms with E-state index in [1.807, 2.05) is 0 Å². The zero-order valence-electron chi connectivity index (χ0n) is 8.61. The summed E-state index contributed by atoms with van der Waals surface area (Å²) in [7, 11) is 0. The van der Waals surface area contributed by atoms with Crippen LogP contribution in [-0.2, 0) is 6.54 Å². The zero-order valence-corrected chi connectivity index (χ0v) is 9.42. The third-order valence-corrected chi connectivity index (χ3v) is 2.53. The van der Waals surface area contributed by atoms with Gasteiger partial charge in [0.05, 0.1) is 12.6 Å². The van der Waals surface area contributed by atoms with E-state index in [9.17, 15) is 0 Å². The molecule has 86 valence electrons. The highest BCUT2D eigenvalue weighted by molar-refractivity contribution is 5.85. The maximum absolute atomic E-state index is 5.41. The standard InChI is InChI=1S/C9H16N4O.ClH/c10-6-8-12-9(13-14-8)7-4-2-1-3-5-11-7;/h7,11H,1-6,10H2;1H. The third-order valence-electron chi connectivity index (χ3n) is 2.53. The van der Waals surface area contributed by atoms with E-state index in [4.69, 9.17) is 10.3 Å². The number of nitrogens with one attached hydrogen (secondary N) is 1. The predicted molar refractivity (Wildman–Crippen MR) is 58.6 cm³/mol. The molecule has 1 aliphatic rings. The van der Waals surface area contributed by atoms with Crippen molar-refractivity contribution < 1.29 is 4.52 Å². The summed E-state index contributed by atoms with van der Waals surface area (Å²) in [6.45, 7) is 1.36. The first-order valence-electron chi connectivity index (χ1n) is 5.16. The molecule has 5 nitrogen and oxygen atoms in total. The summed E-state index contributed by atoms with van der Waals surface area (Å²) in [6.07, 6.45) is 4.83. The van der Waals surface area contributed by atoms with Gasteiger partial charge in [-0.05, 0) is 19.4 Å². The van der Waals surface area contributed by atoms with Gasteiger partial charge in [0.25, 0.3) is 0 Å². The fourth-order valence-electron chi connectivity index (χ4n) is 1.74. The first-order chi connectivity index (χ1) is 6.90. The third kappa shape index (κ3) is 3.15. The van der Waals surface area contributed by atoms with Gasteiger partial charge in [-0.3, -0.25) is 0 Å². The van der Waals surface area contributed by atoms with Crippen LogP contribution in [0.15, 0.2) is 4.52 Å². The Labute approximate surface area is 95.2 Å². The van der Waals surface area contributed by atoms with Gasteiger partial charge in [-0.15, -0.1) is 12.4 Å². The second-order valence-electron chi connectivity index (χ2n) is 3.61. The Morgan fingerprint density at radius 2 is 2.27 bits per heavy atom. The average molecular weight is 233 g/mol. The van der Waals surface area contributed by atoms with Crippen molar-refractivity contribution in [2.45, 2.75) is 38.3 Å². The van der Waals surface area contributed by atoms with Crippen molar-refractivity contribution in [2.75, 3.05) is 6.54 Å². The SMILES string of the molecule is Cl.NCc1nc(C2CCCCCN2)no1. The lowest BCUT2D eigenvalue weighted by Crippen LogP contribution is -2.21. The molecule has 15 heavy (non-hydrogen) atoms. The Morgan fingerprint density at radius 1 is 1.40 bits per heavy atom. The molecule has 1 unspecified atom stereocenters. The highest BCUT2D eigenvalue weighted by Crippen LogP contribution is 2.19. The summed E-state index contributed by atoms with van der Waals surface area (Å²) >= 11 is 0. The zero-order chi connectivity index (χ0) is 9.80. The number of nitrogens with two attached hydrogens (primary N) is 1. The largest absolute Gasteiger partial charge is 0.338 e. The van der Waals surface area contributed by atoms with Crippen molar-refractivity contribution in [1.29, 1.82) is 0 Å². The summed E-state index contributed by atoms with van der Waals surface area (Å²) in [5.41, 5.74) is 5.41. The van der Waals surface area contributed by atoms with Crippen molar-refractivity contribution in [1.82, 2.24) is 15.5 Å². The van der Waals surface area contributed by atoms with Gasteiger partial charge in [0.2, 0.25) is 5.89 Å². The van der Waals surface area contributed by atoms with E-state index in [0.717, 1.165) is 18.8 Å². The molecule has 0 radical (unpaired) electrons. The van der Waals surface area contributed by atoms with Crippen LogP contribution in [0.4, 0.5) is 0 Å². The number of nitrogens with zero attached hydrogens (tertiary/aromatic N) is 2. The van der Waals surface area contributed by atoms with Gasteiger partial charge in [0, 0.05) is 0 Å². The second kappa shape index (κ2) is 6.05. The topological polar surface area (TPSA) is 77.0 Å². The number of halogens is 1. The molecule has 1 aromatic rings. The number of rotatable bonds is 2. The van der Waals surface area contributed by atoms with Crippen LogP contribution in [0.1, 0.15) is 43.4 Å². The molecule has 0 aliphatic carbocycles. The van der Waals surface area contributed by atoms with Crippen LogP contribution in [0.2, 0.25) is 0 Å². The van der Waals surface area contributed by atoms with Crippen LogP contribution >= 0.6 is 12.4 Å². The van der Waals surface area contributed by atoms with Gasteiger partial charge in [0.15, 0.2) is 5.82 Å². The molecule has 1 atom stereocenters. The lowest BCUT2D eigenvalue weighted by atomic mass is 10.1. The van der Waals surface area contributed by atoms with Gasteiger partial charge in [-0.1, -0.05) is 18.0 Å². The van der Waals surface area contributed by atoms with Gasteiger partial charge in [0.1, 0.15) is 0 Å². The molecule has 1 aliphatic heterocycles. The molecule has 0 saturated carbocycles. The summed E-state index contributed by atoms with van der Waals surface area (Å²) in [5, 5.41) is 7.33. The summed E-state index contributed by atoms with van der Waals surface area (Å²) in [5.74, 6) is 1.28. The first kappa shape index (κ1) is 12.4. The molecule has 2 rings (SSSR count). The minimum atomic E-state index is 0. The molecule has 0 spiro atoms. The van der Waals surface area contributed by atoms with Crippen LogP contribution in [0, 0.1) is 0 Å². The molecule has 0 bridgehead atoms. The van der Waals surface area contributed by atoms with E-state index in [1.165, 1.54) is 19.3 Å². The van der Waals surface area contributed by atoms with Gasteiger partial charge in [-0.2, -0.15) is 4.98 Å². The normalized spacial score (nSPS) is 21.8. The van der Waals surface area contributed by atoms with Crippen molar-refractivity contribution >= 4 is 12.4 Å². The maximum atomic E-state index is 5.41. The van der Waals surface area contributed by atoms with E-state index >= 15 is 0 Å². The molecule has 2 heterocycles. The minimum absolute atomic E-state index is 0. The molecule has 1 aromatic heterocycles. The minimum Gasteiger partial charge on any atom is -0.338 e. The van der Waals surface area contributed by atoms with Crippen LogP contribution in [0.25, 0.3) is 0 Å². The van der Waals surface area contributed by atoms with Gasteiger partial charge < -0.3 is 15.6 Å². The molecular weight excluding hydrogens is 216 g/mol. The van der Waals surface area contributed by atoms with E-state index in [-0.39, 0.29) is 18.4 Å². The quantitative estimate of drug-likeness (QED) is 0.800. The Morgan fingerprint density at radius 3 is 3.00 bits per heavy atom. The van der Waals surface area contributed by atoms with Crippen LogP contribution < -0.4 is 11.1 Å². The number of hydrogen-bond donors (Lipinski definition) is 2. The Bertz CT molecular complexity index is 283. The lowest BCUT2D eigenvalue weighted by Gasteiger charge is -2.09. The molecular formula is C9H17ClN4O. The maximum Gasteiger partial charge on any atom is 0.240 e.